The van der Waals surface area contributed by atoms with Crippen LogP contribution in [-0.2, 0) is 21.3 Å². The Labute approximate surface area is 352 Å². The van der Waals surface area contributed by atoms with Gasteiger partial charge >= 0.3 is 6.03 Å². The van der Waals surface area contributed by atoms with Crippen LogP contribution in [0.5, 0.6) is 5.75 Å². The number of hydrogen-bond acceptors (Lipinski definition) is 8. The van der Waals surface area contributed by atoms with Crippen molar-refractivity contribution in [1.29, 1.82) is 0 Å². The molecule has 2 saturated heterocycles. The molecule has 11 nitrogen and oxygen atoms in total. The van der Waals surface area contributed by atoms with Crippen LogP contribution in [0.15, 0.2) is 90.1 Å². The van der Waals surface area contributed by atoms with Gasteiger partial charge in [0.1, 0.15) is 22.7 Å². The Hall–Kier alpha value is -4.84. The van der Waals surface area contributed by atoms with Gasteiger partial charge in [-0.15, -0.1) is 0 Å². The maximum absolute atomic E-state index is 15.4. The van der Waals surface area contributed by atoms with Crippen molar-refractivity contribution >= 4 is 52.4 Å². The molecular formula is C45H54Cl2N8O3. The summed E-state index contributed by atoms with van der Waals surface area (Å²) in [5.41, 5.74) is 8.69. The second kappa shape index (κ2) is 16.4. The number of benzene rings is 3. The zero-order valence-corrected chi connectivity index (χ0v) is 35.9. The lowest BCUT2D eigenvalue weighted by Crippen LogP contribution is -2.61. The number of carbonyl (C=O) groups excluding carboxylic acids is 2. The first-order valence-corrected chi connectivity index (χ1v) is 20.8. The fraction of sp³-hybridized carbons (Fsp3) is 0.422. The van der Waals surface area contributed by atoms with Crippen molar-refractivity contribution in [2.24, 2.45) is 4.99 Å². The molecule has 3 amide bonds. The smallest absolute Gasteiger partial charge is 0.326 e. The standard InChI is InChI=1S/C45H54Cl2N8O3/c1-7-58-38-28-39(43(2,3)4)49-29-37(38)41-50-44(5,31-8-12-33(46)13-9-31)45(6,32-10-14-34(47)15-11-32)55(41)42(57)54-22-20-51(21-23-54)30-40(56)53-26-24-52(25-27-53)36-18-16-35(48)17-19-36/h8-19,28-29H,7,20-27,30,48H2,1-6H3/t44-,45+/m0/s1. The van der Waals surface area contributed by atoms with Gasteiger partial charge in [-0.05, 0) is 80.4 Å². The third-order valence-electron chi connectivity index (χ3n) is 12.0. The second-order valence-electron chi connectivity index (χ2n) is 16.7. The summed E-state index contributed by atoms with van der Waals surface area (Å²) < 4.78 is 6.31. The van der Waals surface area contributed by atoms with Crippen LogP contribution < -0.4 is 15.4 Å². The molecule has 3 aliphatic heterocycles. The Morgan fingerprint density at radius 3 is 1.93 bits per heavy atom. The van der Waals surface area contributed by atoms with E-state index in [1.165, 1.54) is 0 Å². The molecule has 0 aliphatic carbocycles. The molecular weight excluding hydrogens is 771 g/mol. The van der Waals surface area contributed by atoms with Gasteiger partial charge in [0.25, 0.3) is 0 Å². The number of urea groups is 1. The van der Waals surface area contributed by atoms with Crippen LogP contribution in [0.3, 0.4) is 0 Å². The third kappa shape index (κ3) is 7.96. The Morgan fingerprint density at radius 1 is 0.793 bits per heavy atom. The van der Waals surface area contributed by atoms with E-state index >= 15 is 4.79 Å². The molecule has 3 aromatic carbocycles. The molecule has 13 heteroatoms. The molecule has 0 radical (unpaired) electrons. The Kier molecular flexibility index (Phi) is 11.7. The highest BCUT2D eigenvalue weighted by Gasteiger charge is 2.60. The number of halogens is 2. The van der Waals surface area contributed by atoms with Gasteiger partial charge in [-0.3, -0.25) is 24.6 Å². The van der Waals surface area contributed by atoms with E-state index in [2.05, 4.69) is 44.4 Å². The van der Waals surface area contributed by atoms with Gasteiger partial charge in [-0.1, -0.05) is 68.2 Å². The van der Waals surface area contributed by atoms with Crippen molar-refractivity contribution in [2.45, 2.75) is 58.0 Å². The zero-order valence-electron chi connectivity index (χ0n) is 34.3. The number of ether oxygens (including phenoxy) is 1. The summed E-state index contributed by atoms with van der Waals surface area (Å²) in [5, 5.41) is 1.19. The van der Waals surface area contributed by atoms with Crippen LogP contribution >= 0.6 is 23.2 Å². The van der Waals surface area contributed by atoms with Crippen LogP contribution in [0.2, 0.25) is 10.0 Å². The summed E-state index contributed by atoms with van der Waals surface area (Å²) in [4.78, 5) is 49.5. The van der Waals surface area contributed by atoms with Crippen LogP contribution in [0.1, 0.15) is 63.9 Å². The van der Waals surface area contributed by atoms with E-state index in [0.29, 0.717) is 79.6 Å². The Balaban J connectivity index is 1.18. The predicted octanol–water partition coefficient (Wildman–Crippen LogP) is 7.65. The normalized spacial score (nSPS) is 21.6. The molecule has 0 bridgehead atoms. The molecule has 58 heavy (non-hydrogen) atoms. The van der Waals surface area contributed by atoms with Gasteiger partial charge in [0, 0.05) is 97.2 Å². The topological polar surface area (TPSA) is 111 Å². The molecule has 0 unspecified atom stereocenters. The number of amides is 3. The highest BCUT2D eigenvalue weighted by molar-refractivity contribution is 6.30. The van der Waals surface area contributed by atoms with Crippen molar-refractivity contribution in [3.8, 4) is 5.75 Å². The summed E-state index contributed by atoms with van der Waals surface area (Å²) >= 11 is 12.9. The number of nitrogen functional groups attached to an aromatic ring is 1. The minimum atomic E-state index is -1.05. The third-order valence-corrected chi connectivity index (χ3v) is 12.5. The fourth-order valence-electron chi connectivity index (χ4n) is 8.29. The second-order valence-corrected chi connectivity index (χ2v) is 17.6. The molecule has 0 spiro atoms. The van der Waals surface area contributed by atoms with Crippen molar-refractivity contribution in [2.75, 3.05) is 76.1 Å². The first-order valence-electron chi connectivity index (χ1n) is 20.1. The van der Waals surface area contributed by atoms with E-state index in [4.69, 9.17) is 43.6 Å². The number of pyridine rings is 1. The number of aliphatic imine (C=N–C) groups is 1. The number of anilines is 2. The van der Waals surface area contributed by atoms with Gasteiger partial charge < -0.3 is 25.2 Å². The molecule has 2 N–H and O–H groups in total. The van der Waals surface area contributed by atoms with Crippen molar-refractivity contribution in [3.63, 3.8) is 0 Å². The number of piperazine rings is 2. The fourth-order valence-corrected chi connectivity index (χ4v) is 8.54. The molecule has 4 aromatic rings. The zero-order chi connectivity index (χ0) is 41.4. The lowest BCUT2D eigenvalue weighted by molar-refractivity contribution is -0.133. The first-order chi connectivity index (χ1) is 27.6. The highest BCUT2D eigenvalue weighted by atomic mass is 35.5. The number of nitrogens with two attached hydrogens (primary N) is 1. The van der Waals surface area contributed by atoms with E-state index in [0.717, 1.165) is 41.3 Å². The number of nitrogens with zero attached hydrogens (tertiary/aromatic N) is 7. The molecule has 3 aliphatic rings. The predicted molar refractivity (Wildman–Crippen MR) is 233 cm³/mol. The Bertz CT molecular complexity index is 2140. The Morgan fingerprint density at radius 2 is 1.36 bits per heavy atom. The van der Waals surface area contributed by atoms with Gasteiger partial charge in [-0.2, -0.15) is 0 Å². The number of carbonyl (C=O) groups is 2. The quantitative estimate of drug-likeness (QED) is 0.182. The van der Waals surface area contributed by atoms with Gasteiger partial charge in [0.15, 0.2) is 0 Å². The molecule has 1 aromatic heterocycles. The molecule has 2 atom stereocenters. The van der Waals surface area contributed by atoms with E-state index in [1.807, 2.05) is 100 Å². The number of hydrogen-bond donors (Lipinski definition) is 1. The lowest BCUT2D eigenvalue weighted by Gasteiger charge is -2.47. The van der Waals surface area contributed by atoms with Crippen molar-refractivity contribution in [3.05, 3.63) is 117 Å². The minimum Gasteiger partial charge on any atom is -0.493 e. The van der Waals surface area contributed by atoms with E-state index in [9.17, 15) is 4.79 Å². The average Bonchev–Trinajstić information content (AvgIpc) is 3.45. The number of rotatable bonds is 8. The highest BCUT2D eigenvalue weighted by Crippen LogP contribution is 2.54. The summed E-state index contributed by atoms with van der Waals surface area (Å²) in [6.45, 7) is 18.0. The van der Waals surface area contributed by atoms with Crippen LogP contribution in [0, 0.1) is 0 Å². The summed E-state index contributed by atoms with van der Waals surface area (Å²) in [7, 11) is 0. The SMILES string of the molecule is CCOc1cc(C(C)(C)C)ncc1C1=N[C@@](C)(c2ccc(Cl)cc2)[C@@](C)(c2ccc(Cl)cc2)N1C(=O)N1CCN(CC(=O)N2CCN(c3ccc(N)cc3)CC2)CC1. The van der Waals surface area contributed by atoms with E-state index in [1.54, 1.807) is 6.20 Å². The van der Waals surface area contributed by atoms with Crippen molar-refractivity contribution < 1.29 is 14.3 Å². The van der Waals surface area contributed by atoms with Crippen LogP contribution in [0.4, 0.5) is 16.2 Å². The summed E-state index contributed by atoms with van der Waals surface area (Å²) in [6, 6.07) is 25.0. The van der Waals surface area contributed by atoms with Crippen molar-refractivity contribution in [1.82, 2.24) is 24.6 Å². The molecule has 306 valence electrons. The van der Waals surface area contributed by atoms with Crippen LogP contribution in [0.25, 0.3) is 0 Å². The summed E-state index contributed by atoms with van der Waals surface area (Å²) in [6.07, 6.45) is 1.79. The molecule has 4 heterocycles. The van der Waals surface area contributed by atoms with Gasteiger partial charge in [-0.25, -0.2) is 4.79 Å². The lowest BCUT2D eigenvalue weighted by atomic mass is 9.71. The van der Waals surface area contributed by atoms with Gasteiger partial charge in [0.2, 0.25) is 5.91 Å². The first kappa shape index (κ1) is 41.3. The number of aromatic nitrogens is 1. The largest absolute Gasteiger partial charge is 0.493 e. The minimum absolute atomic E-state index is 0.106. The molecule has 7 rings (SSSR count). The van der Waals surface area contributed by atoms with E-state index < -0.39 is 11.1 Å². The maximum atomic E-state index is 15.4. The average molecular weight is 826 g/mol. The maximum Gasteiger partial charge on any atom is 0.326 e. The monoisotopic (exact) mass is 824 g/mol. The summed E-state index contributed by atoms with van der Waals surface area (Å²) in [5.74, 6) is 1.18. The molecule has 2 fully saturated rings. The van der Waals surface area contributed by atoms with E-state index in [-0.39, 0.29) is 17.4 Å². The molecule has 0 saturated carbocycles. The number of amidine groups is 1. The van der Waals surface area contributed by atoms with Crippen LogP contribution in [-0.4, -0.2) is 108 Å². The van der Waals surface area contributed by atoms with Gasteiger partial charge in [0.05, 0.1) is 18.7 Å².